The second-order valence-electron chi connectivity index (χ2n) is 6.15. The quantitative estimate of drug-likeness (QED) is 0.506. The first-order chi connectivity index (χ1) is 12.3. The van der Waals surface area contributed by atoms with Crippen molar-refractivity contribution in [3.8, 4) is 0 Å². The van der Waals surface area contributed by atoms with Crippen LogP contribution >= 0.6 is 23.1 Å². The number of rotatable bonds is 6. The largest absolute Gasteiger partial charge is 0.355 e. The van der Waals surface area contributed by atoms with Gasteiger partial charge in [-0.15, -0.1) is 11.3 Å². The summed E-state index contributed by atoms with van der Waals surface area (Å²) in [6, 6.07) is 0.578. The minimum Gasteiger partial charge on any atom is -0.355 e. The van der Waals surface area contributed by atoms with Crippen molar-refractivity contribution in [2.45, 2.75) is 31.0 Å². The minimum atomic E-state index is 0.578. The van der Waals surface area contributed by atoms with Crippen LogP contribution in [0.5, 0.6) is 0 Å². The fourth-order valence-corrected chi connectivity index (χ4v) is 4.82. The maximum absolute atomic E-state index is 4.56. The molecule has 0 bridgehead atoms. The Morgan fingerprint density at radius 3 is 2.96 bits per heavy atom. The Hall–Kier alpha value is -1.71. The van der Waals surface area contributed by atoms with Crippen LogP contribution in [0, 0.1) is 6.92 Å². The van der Waals surface area contributed by atoms with Crippen LogP contribution < -0.4 is 10.2 Å². The van der Waals surface area contributed by atoms with Crippen LogP contribution in [0.15, 0.2) is 23.2 Å². The average molecular weight is 376 g/mol. The van der Waals surface area contributed by atoms with E-state index in [-0.39, 0.29) is 0 Å². The van der Waals surface area contributed by atoms with Crippen LogP contribution in [0.3, 0.4) is 0 Å². The highest BCUT2D eigenvalue weighted by atomic mass is 32.2. The van der Waals surface area contributed by atoms with E-state index in [2.05, 4.69) is 47.7 Å². The van der Waals surface area contributed by atoms with E-state index in [0.29, 0.717) is 6.04 Å². The minimum absolute atomic E-state index is 0.578. The van der Waals surface area contributed by atoms with Crippen LogP contribution in [0.1, 0.15) is 18.4 Å². The molecule has 0 aromatic carbocycles. The normalized spacial score (nSPS) is 16.0. The van der Waals surface area contributed by atoms with Gasteiger partial charge in [0, 0.05) is 31.4 Å². The fourth-order valence-electron chi connectivity index (χ4n) is 3.15. The molecule has 0 aliphatic carbocycles. The number of anilines is 1. The molecule has 0 radical (unpaired) electrons. The van der Waals surface area contributed by atoms with Crippen molar-refractivity contribution in [2.75, 3.05) is 30.3 Å². The van der Waals surface area contributed by atoms with Gasteiger partial charge in [0.2, 0.25) is 0 Å². The number of aryl methyl sites for hydroxylation is 1. The molecule has 25 heavy (non-hydrogen) atoms. The fraction of sp³-hybridized carbons (Fsp3) is 0.500. The summed E-state index contributed by atoms with van der Waals surface area (Å²) >= 11 is 3.45. The monoisotopic (exact) mass is 375 g/mol. The highest BCUT2D eigenvalue weighted by Gasteiger charge is 2.22. The Labute approximate surface area is 154 Å². The molecule has 3 aromatic heterocycles. The zero-order chi connectivity index (χ0) is 17.1. The second-order valence-corrected chi connectivity index (χ2v) is 8.11. The molecule has 1 aliphatic heterocycles. The number of hydrogen-bond donors (Lipinski definition) is 2. The molecule has 0 spiro atoms. The van der Waals surface area contributed by atoms with Gasteiger partial charge in [0.25, 0.3) is 0 Å². The SMILES string of the molecule is Cc1csc2c(N3CCC(NCCSc4ncn[nH]4)CC3)ncnc12. The lowest BCUT2D eigenvalue weighted by Gasteiger charge is -2.33. The Morgan fingerprint density at radius 2 is 2.16 bits per heavy atom. The van der Waals surface area contributed by atoms with Gasteiger partial charge in [0.15, 0.2) is 5.16 Å². The first kappa shape index (κ1) is 16.7. The molecule has 0 saturated carbocycles. The Kier molecular flexibility index (Phi) is 5.14. The smallest absolute Gasteiger partial charge is 0.183 e. The van der Waals surface area contributed by atoms with E-state index in [4.69, 9.17) is 0 Å². The van der Waals surface area contributed by atoms with Gasteiger partial charge in [-0.2, -0.15) is 5.10 Å². The van der Waals surface area contributed by atoms with Gasteiger partial charge in [-0.05, 0) is 30.7 Å². The van der Waals surface area contributed by atoms with Crippen molar-refractivity contribution in [1.82, 2.24) is 30.5 Å². The molecular weight excluding hydrogens is 354 g/mol. The Balaban J connectivity index is 1.28. The van der Waals surface area contributed by atoms with E-state index >= 15 is 0 Å². The topological polar surface area (TPSA) is 82.6 Å². The summed E-state index contributed by atoms with van der Waals surface area (Å²) in [5, 5.41) is 13.4. The number of thioether (sulfide) groups is 1. The molecule has 132 valence electrons. The zero-order valence-electron chi connectivity index (χ0n) is 14.1. The standard InChI is InChI=1S/C16H21N7S2/c1-11-8-25-14-13(11)18-9-19-15(14)23-5-2-12(3-6-23)17-4-7-24-16-20-10-21-22-16/h8-10,12,17H,2-7H2,1H3,(H,20,21,22). The lowest BCUT2D eigenvalue weighted by Crippen LogP contribution is -2.43. The van der Waals surface area contributed by atoms with Crippen LogP contribution in [0.25, 0.3) is 10.2 Å². The molecule has 9 heteroatoms. The molecule has 0 amide bonds. The number of aromatic nitrogens is 5. The van der Waals surface area contributed by atoms with Crippen molar-refractivity contribution in [3.05, 3.63) is 23.6 Å². The summed E-state index contributed by atoms with van der Waals surface area (Å²) in [5.74, 6) is 2.10. The van der Waals surface area contributed by atoms with Gasteiger partial charge >= 0.3 is 0 Å². The lowest BCUT2D eigenvalue weighted by molar-refractivity contribution is 0.424. The van der Waals surface area contributed by atoms with Crippen molar-refractivity contribution in [1.29, 1.82) is 0 Å². The number of aromatic amines is 1. The van der Waals surface area contributed by atoms with Crippen LogP contribution in [0.4, 0.5) is 5.82 Å². The van der Waals surface area contributed by atoms with Crippen LogP contribution in [0.2, 0.25) is 0 Å². The molecule has 4 heterocycles. The predicted octanol–water partition coefficient (Wildman–Crippen LogP) is 2.47. The molecule has 0 unspecified atom stereocenters. The maximum atomic E-state index is 4.56. The van der Waals surface area contributed by atoms with Crippen molar-refractivity contribution in [2.24, 2.45) is 0 Å². The summed E-state index contributed by atoms with van der Waals surface area (Å²) in [6.07, 6.45) is 5.53. The number of hydrogen-bond acceptors (Lipinski definition) is 8. The summed E-state index contributed by atoms with van der Waals surface area (Å²) in [5.41, 5.74) is 2.34. The van der Waals surface area contributed by atoms with Crippen molar-refractivity contribution < 1.29 is 0 Å². The first-order valence-corrected chi connectivity index (χ1v) is 10.3. The van der Waals surface area contributed by atoms with E-state index in [0.717, 1.165) is 54.7 Å². The molecule has 3 aromatic rings. The highest BCUT2D eigenvalue weighted by Crippen LogP contribution is 2.32. The Bertz CT molecular complexity index is 809. The predicted molar refractivity (Wildman–Crippen MR) is 102 cm³/mol. The molecule has 1 saturated heterocycles. The van der Waals surface area contributed by atoms with Crippen molar-refractivity contribution >= 4 is 39.1 Å². The van der Waals surface area contributed by atoms with E-state index < -0.39 is 0 Å². The van der Waals surface area contributed by atoms with Crippen LogP contribution in [-0.2, 0) is 0 Å². The van der Waals surface area contributed by atoms with Gasteiger partial charge in [-0.25, -0.2) is 15.0 Å². The zero-order valence-corrected chi connectivity index (χ0v) is 15.7. The molecule has 7 nitrogen and oxygen atoms in total. The van der Waals surface area contributed by atoms with Crippen LogP contribution in [-0.4, -0.2) is 56.6 Å². The molecule has 0 atom stereocenters. The van der Waals surface area contributed by atoms with Gasteiger partial charge in [-0.1, -0.05) is 11.8 Å². The average Bonchev–Trinajstić information content (AvgIpc) is 3.29. The molecule has 2 N–H and O–H groups in total. The number of fused-ring (bicyclic) bond motifs is 1. The molecule has 4 rings (SSSR count). The number of nitrogens with zero attached hydrogens (tertiary/aromatic N) is 5. The molecule has 1 fully saturated rings. The van der Waals surface area contributed by atoms with Gasteiger partial charge in [0.05, 0.1) is 10.2 Å². The maximum Gasteiger partial charge on any atom is 0.183 e. The van der Waals surface area contributed by atoms with Gasteiger partial charge < -0.3 is 10.2 Å². The number of H-pyrrole nitrogens is 1. The summed E-state index contributed by atoms with van der Waals surface area (Å²) in [4.78, 5) is 15.5. The summed E-state index contributed by atoms with van der Waals surface area (Å²) in [7, 11) is 0. The summed E-state index contributed by atoms with van der Waals surface area (Å²) in [6.45, 7) is 5.17. The number of piperidine rings is 1. The number of nitrogens with one attached hydrogen (secondary N) is 2. The van der Waals surface area contributed by atoms with E-state index in [1.807, 2.05) is 0 Å². The third kappa shape index (κ3) is 3.78. The van der Waals surface area contributed by atoms with E-state index in [9.17, 15) is 0 Å². The van der Waals surface area contributed by atoms with E-state index in [1.165, 1.54) is 10.3 Å². The van der Waals surface area contributed by atoms with Crippen molar-refractivity contribution in [3.63, 3.8) is 0 Å². The molecule has 1 aliphatic rings. The van der Waals surface area contributed by atoms with Gasteiger partial charge in [0.1, 0.15) is 18.5 Å². The summed E-state index contributed by atoms with van der Waals surface area (Å²) < 4.78 is 1.22. The third-order valence-corrected chi connectivity index (χ3v) is 6.43. The lowest BCUT2D eigenvalue weighted by atomic mass is 10.1. The van der Waals surface area contributed by atoms with E-state index in [1.54, 1.807) is 35.8 Å². The van der Waals surface area contributed by atoms with Gasteiger partial charge in [-0.3, -0.25) is 5.10 Å². The third-order valence-electron chi connectivity index (χ3n) is 4.47. The highest BCUT2D eigenvalue weighted by molar-refractivity contribution is 7.99. The first-order valence-electron chi connectivity index (χ1n) is 8.46. The number of thiophene rings is 1. The second kappa shape index (κ2) is 7.67. The Morgan fingerprint density at radius 1 is 1.28 bits per heavy atom. The molecular formula is C16H21N7S2.